The Labute approximate surface area is 110 Å². The van der Waals surface area contributed by atoms with Crippen LogP contribution >= 0.6 is 27.5 Å². The summed E-state index contributed by atoms with van der Waals surface area (Å²) in [6.45, 7) is 0. The van der Waals surface area contributed by atoms with Gasteiger partial charge in [0.05, 0.1) is 10.7 Å². The summed E-state index contributed by atoms with van der Waals surface area (Å²) < 4.78 is 1.04. The average molecular weight is 304 g/mol. The van der Waals surface area contributed by atoms with E-state index in [0.717, 1.165) is 28.0 Å². The van der Waals surface area contributed by atoms with Crippen LogP contribution in [0, 0.1) is 0 Å². The normalized spacial score (nSPS) is 25.4. The number of anilines is 1. The van der Waals surface area contributed by atoms with Gasteiger partial charge in [0.25, 0.3) is 0 Å². The highest BCUT2D eigenvalue weighted by atomic mass is 79.9. The van der Waals surface area contributed by atoms with Crippen LogP contribution in [0.25, 0.3) is 0 Å². The molecule has 0 amide bonds. The Bertz CT molecular complexity index is 370. The maximum Gasteiger partial charge on any atom is 0.0638 e. The molecule has 2 atom stereocenters. The third-order valence-corrected chi connectivity index (χ3v) is 3.83. The highest BCUT2D eigenvalue weighted by Crippen LogP contribution is 2.28. The summed E-state index contributed by atoms with van der Waals surface area (Å²) in [5.74, 6) is 0. The second kappa shape index (κ2) is 5.39. The molecular formula is C12H16BrClN2. The molecule has 0 aliphatic heterocycles. The first kappa shape index (κ1) is 12.2. The summed E-state index contributed by atoms with van der Waals surface area (Å²) in [5.41, 5.74) is 6.96. The molecule has 1 aromatic rings. The van der Waals surface area contributed by atoms with Crippen molar-refractivity contribution in [2.75, 3.05) is 5.32 Å². The van der Waals surface area contributed by atoms with Crippen LogP contribution < -0.4 is 11.1 Å². The zero-order valence-electron chi connectivity index (χ0n) is 9.05. The lowest BCUT2D eigenvalue weighted by Crippen LogP contribution is -2.34. The molecule has 16 heavy (non-hydrogen) atoms. The quantitative estimate of drug-likeness (QED) is 0.872. The summed E-state index contributed by atoms with van der Waals surface area (Å²) in [6, 6.07) is 6.65. The number of nitrogens with two attached hydrogens (primary N) is 1. The molecule has 0 bridgehead atoms. The molecule has 1 saturated carbocycles. The Kier molecular flexibility index (Phi) is 4.11. The first-order valence-corrected chi connectivity index (χ1v) is 6.79. The van der Waals surface area contributed by atoms with E-state index in [2.05, 4.69) is 21.2 Å². The Morgan fingerprint density at radius 2 is 2.19 bits per heavy atom. The van der Waals surface area contributed by atoms with E-state index in [-0.39, 0.29) is 0 Å². The third kappa shape index (κ3) is 3.12. The molecule has 1 aromatic carbocycles. The van der Waals surface area contributed by atoms with Crippen LogP contribution in [0.3, 0.4) is 0 Å². The fraction of sp³-hybridized carbons (Fsp3) is 0.500. The van der Waals surface area contributed by atoms with Gasteiger partial charge in [-0.25, -0.2) is 0 Å². The highest BCUT2D eigenvalue weighted by molar-refractivity contribution is 9.10. The van der Waals surface area contributed by atoms with E-state index in [0.29, 0.717) is 12.1 Å². The fourth-order valence-corrected chi connectivity index (χ4v) is 2.72. The SMILES string of the molecule is NC1CCCC(Nc2cc(Br)ccc2Cl)C1. The maximum absolute atomic E-state index is 6.14. The third-order valence-electron chi connectivity index (χ3n) is 3.00. The summed E-state index contributed by atoms with van der Waals surface area (Å²) >= 11 is 9.59. The smallest absolute Gasteiger partial charge is 0.0638 e. The zero-order chi connectivity index (χ0) is 11.5. The minimum atomic E-state index is 0.331. The first-order chi connectivity index (χ1) is 7.65. The van der Waals surface area contributed by atoms with Crippen molar-refractivity contribution < 1.29 is 0 Å². The van der Waals surface area contributed by atoms with Gasteiger partial charge in [-0.1, -0.05) is 27.5 Å². The Morgan fingerprint density at radius 1 is 1.38 bits per heavy atom. The Hall–Kier alpha value is -0.250. The van der Waals surface area contributed by atoms with Gasteiger partial charge < -0.3 is 11.1 Å². The van der Waals surface area contributed by atoms with Gasteiger partial charge in [0.15, 0.2) is 0 Å². The molecule has 1 aliphatic carbocycles. The van der Waals surface area contributed by atoms with Crippen LogP contribution in [0.1, 0.15) is 25.7 Å². The second-order valence-electron chi connectivity index (χ2n) is 4.39. The molecule has 2 rings (SSSR count). The van der Waals surface area contributed by atoms with Crippen LogP contribution in [0.4, 0.5) is 5.69 Å². The molecule has 0 heterocycles. The molecule has 88 valence electrons. The van der Waals surface area contributed by atoms with Crippen LogP contribution in [-0.2, 0) is 0 Å². The van der Waals surface area contributed by atoms with E-state index in [9.17, 15) is 0 Å². The van der Waals surface area contributed by atoms with Gasteiger partial charge in [0.1, 0.15) is 0 Å². The summed E-state index contributed by atoms with van der Waals surface area (Å²) in [6.07, 6.45) is 4.55. The lowest BCUT2D eigenvalue weighted by molar-refractivity contribution is 0.409. The molecule has 1 aliphatic rings. The van der Waals surface area contributed by atoms with E-state index in [1.807, 2.05) is 18.2 Å². The van der Waals surface area contributed by atoms with Crippen molar-refractivity contribution in [2.24, 2.45) is 5.73 Å². The Balaban J connectivity index is 2.05. The second-order valence-corrected chi connectivity index (χ2v) is 5.71. The van der Waals surface area contributed by atoms with Crippen molar-refractivity contribution in [1.29, 1.82) is 0 Å². The van der Waals surface area contributed by atoms with Gasteiger partial charge in [0, 0.05) is 16.6 Å². The number of benzene rings is 1. The molecule has 0 saturated heterocycles. The van der Waals surface area contributed by atoms with E-state index in [4.69, 9.17) is 17.3 Å². The van der Waals surface area contributed by atoms with Crippen molar-refractivity contribution in [1.82, 2.24) is 0 Å². The molecule has 3 N–H and O–H groups in total. The van der Waals surface area contributed by atoms with Crippen LogP contribution in [0.5, 0.6) is 0 Å². The molecule has 1 fully saturated rings. The van der Waals surface area contributed by atoms with E-state index in [1.165, 1.54) is 12.8 Å². The van der Waals surface area contributed by atoms with E-state index in [1.54, 1.807) is 0 Å². The van der Waals surface area contributed by atoms with Gasteiger partial charge in [-0.3, -0.25) is 0 Å². The zero-order valence-corrected chi connectivity index (χ0v) is 11.4. The molecule has 0 spiro atoms. The number of rotatable bonds is 2. The summed E-state index contributed by atoms with van der Waals surface area (Å²) in [4.78, 5) is 0. The van der Waals surface area contributed by atoms with Crippen LogP contribution in [0.15, 0.2) is 22.7 Å². The van der Waals surface area contributed by atoms with Gasteiger partial charge >= 0.3 is 0 Å². The maximum atomic E-state index is 6.14. The van der Waals surface area contributed by atoms with Gasteiger partial charge in [-0.2, -0.15) is 0 Å². The predicted octanol–water partition coefficient (Wildman–Crippen LogP) is 3.78. The lowest BCUT2D eigenvalue weighted by atomic mass is 9.91. The topological polar surface area (TPSA) is 38.0 Å². The standard InChI is InChI=1S/C12H16BrClN2/c13-8-4-5-11(14)12(6-8)16-10-3-1-2-9(15)7-10/h4-6,9-10,16H,1-3,7,15H2. The minimum absolute atomic E-state index is 0.331. The number of hydrogen-bond donors (Lipinski definition) is 2. The van der Waals surface area contributed by atoms with Crippen molar-refractivity contribution in [3.8, 4) is 0 Å². The number of hydrogen-bond acceptors (Lipinski definition) is 2. The molecule has 2 unspecified atom stereocenters. The predicted molar refractivity (Wildman–Crippen MR) is 73.0 cm³/mol. The molecule has 2 nitrogen and oxygen atoms in total. The summed E-state index contributed by atoms with van der Waals surface area (Å²) in [5, 5.41) is 4.24. The number of halogens is 2. The van der Waals surface area contributed by atoms with Crippen LogP contribution in [0.2, 0.25) is 5.02 Å². The van der Waals surface area contributed by atoms with Crippen LogP contribution in [-0.4, -0.2) is 12.1 Å². The number of nitrogens with one attached hydrogen (secondary N) is 1. The molecular weight excluding hydrogens is 288 g/mol. The van der Waals surface area contributed by atoms with Crippen molar-refractivity contribution in [3.63, 3.8) is 0 Å². The van der Waals surface area contributed by atoms with Gasteiger partial charge in [-0.15, -0.1) is 0 Å². The van der Waals surface area contributed by atoms with Crippen molar-refractivity contribution >= 4 is 33.2 Å². The monoisotopic (exact) mass is 302 g/mol. The molecule has 0 radical (unpaired) electrons. The van der Waals surface area contributed by atoms with Gasteiger partial charge in [-0.05, 0) is 43.9 Å². The minimum Gasteiger partial charge on any atom is -0.381 e. The average Bonchev–Trinajstić information content (AvgIpc) is 2.24. The van der Waals surface area contributed by atoms with Crippen molar-refractivity contribution in [3.05, 3.63) is 27.7 Å². The highest BCUT2D eigenvalue weighted by Gasteiger charge is 2.19. The van der Waals surface area contributed by atoms with Gasteiger partial charge in [0.2, 0.25) is 0 Å². The summed E-state index contributed by atoms with van der Waals surface area (Å²) in [7, 11) is 0. The fourth-order valence-electron chi connectivity index (χ4n) is 2.19. The molecule has 4 heteroatoms. The largest absolute Gasteiger partial charge is 0.381 e. The lowest BCUT2D eigenvalue weighted by Gasteiger charge is -2.28. The van der Waals surface area contributed by atoms with E-state index < -0.39 is 0 Å². The van der Waals surface area contributed by atoms with Crippen molar-refractivity contribution in [2.45, 2.75) is 37.8 Å². The van der Waals surface area contributed by atoms with E-state index >= 15 is 0 Å². The molecule has 0 aromatic heterocycles. The first-order valence-electron chi connectivity index (χ1n) is 5.62. The Morgan fingerprint density at radius 3 is 2.94 bits per heavy atom.